The monoisotopic (exact) mass is 235 g/mol. The highest BCUT2D eigenvalue weighted by atomic mass is 28.3. The lowest BCUT2D eigenvalue weighted by Gasteiger charge is -2.31. The van der Waals surface area contributed by atoms with E-state index in [1.165, 1.54) is 17.7 Å². The number of hydrogen-bond acceptors (Lipinski definition) is 3. The fourth-order valence-corrected chi connectivity index (χ4v) is 4.05. The first-order valence-corrected chi connectivity index (χ1v) is 6.86. The molecule has 1 aliphatic heterocycles. The van der Waals surface area contributed by atoms with Gasteiger partial charge in [0.05, 0.1) is 13.2 Å². The molecule has 1 aromatic carbocycles. The van der Waals surface area contributed by atoms with Crippen LogP contribution in [0.15, 0.2) is 24.3 Å². The predicted octanol–water partition coefficient (Wildman–Crippen LogP) is 1.16. The molecule has 1 fully saturated rings. The number of ether oxygens (including phenoxy) is 1. The van der Waals surface area contributed by atoms with E-state index in [0.29, 0.717) is 5.54 Å². The molecule has 1 radical (unpaired) electrons. The summed E-state index contributed by atoms with van der Waals surface area (Å²) in [5.41, 5.74) is 1.60. The van der Waals surface area contributed by atoms with Gasteiger partial charge < -0.3 is 9.16 Å². The van der Waals surface area contributed by atoms with Gasteiger partial charge in [0, 0.05) is 12.5 Å². The van der Waals surface area contributed by atoms with E-state index >= 15 is 0 Å². The number of benzene rings is 1. The molecule has 16 heavy (non-hydrogen) atoms. The van der Waals surface area contributed by atoms with Gasteiger partial charge in [0.25, 0.3) is 5.97 Å². The fraction of sp³-hybridized carbons (Fsp3) is 0.417. The molecule has 2 rings (SSSR count). The average Bonchev–Trinajstić information content (AvgIpc) is 2.14. The summed E-state index contributed by atoms with van der Waals surface area (Å²) in [6, 6.07) is 8.12. The van der Waals surface area contributed by atoms with Crippen LogP contribution >= 0.6 is 0 Å². The molecule has 0 aromatic heterocycles. The summed E-state index contributed by atoms with van der Waals surface area (Å²) >= 11 is 0. The van der Waals surface area contributed by atoms with Crippen molar-refractivity contribution in [1.29, 1.82) is 0 Å². The summed E-state index contributed by atoms with van der Waals surface area (Å²) in [5.74, 6) is -0.191. The van der Waals surface area contributed by atoms with Gasteiger partial charge in [-0.25, -0.2) is 0 Å². The molecule has 1 aliphatic rings. The molecule has 4 heteroatoms. The van der Waals surface area contributed by atoms with Crippen LogP contribution in [0.1, 0.15) is 12.5 Å². The topological polar surface area (TPSA) is 35.5 Å². The molecular formula is C12H15O3Si. The summed E-state index contributed by atoms with van der Waals surface area (Å²) < 4.78 is 10.7. The molecular weight excluding hydrogens is 220 g/mol. The zero-order valence-electron chi connectivity index (χ0n) is 9.53. The maximum Gasteiger partial charge on any atom is 0.328 e. The molecule has 1 heterocycles. The molecule has 0 unspecified atom stereocenters. The minimum Gasteiger partial charge on any atom is -0.512 e. The van der Waals surface area contributed by atoms with Crippen LogP contribution < -0.4 is 5.19 Å². The highest BCUT2D eigenvalue weighted by Crippen LogP contribution is 2.22. The van der Waals surface area contributed by atoms with Crippen molar-refractivity contribution in [3.8, 4) is 0 Å². The van der Waals surface area contributed by atoms with Crippen LogP contribution in [-0.4, -0.2) is 28.2 Å². The van der Waals surface area contributed by atoms with Crippen LogP contribution in [0.4, 0.5) is 0 Å². The molecule has 0 atom stereocenters. The van der Waals surface area contributed by atoms with Crippen LogP contribution in [0.5, 0.6) is 0 Å². The number of carbonyl (C=O) groups is 1. The second-order valence-electron chi connectivity index (χ2n) is 4.01. The second kappa shape index (κ2) is 4.80. The molecule has 1 saturated heterocycles. The Morgan fingerprint density at radius 2 is 2.12 bits per heavy atom. The van der Waals surface area contributed by atoms with E-state index in [4.69, 9.17) is 9.16 Å². The first-order valence-electron chi connectivity index (χ1n) is 5.37. The minimum atomic E-state index is -1.27. The van der Waals surface area contributed by atoms with Crippen molar-refractivity contribution in [3.63, 3.8) is 0 Å². The largest absolute Gasteiger partial charge is 0.512 e. The predicted molar refractivity (Wildman–Crippen MR) is 62.9 cm³/mol. The highest BCUT2D eigenvalue weighted by molar-refractivity contribution is 6.70. The zero-order valence-corrected chi connectivity index (χ0v) is 10.5. The van der Waals surface area contributed by atoms with Crippen molar-refractivity contribution in [2.75, 3.05) is 13.2 Å². The van der Waals surface area contributed by atoms with E-state index in [0.717, 1.165) is 13.2 Å². The number of aryl methyl sites for hydroxylation is 1. The van der Waals surface area contributed by atoms with E-state index in [1.807, 2.05) is 12.1 Å². The van der Waals surface area contributed by atoms with E-state index in [2.05, 4.69) is 19.1 Å². The molecule has 0 spiro atoms. The van der Waals surface area contributed by atoms with Gasteiger partial charge in [-0.2, -0.15) is 0 Å². The van der Waals surface area contributed by atoms with Gasteiger partial charge in [0.15, 0.2) is 0 Å². The lowest BCUT2D eigenvalue weighted by atomic mass is 10.2. The van der Waals surface area contributed by atoms with Gasteiger partial charge in [0.1, 0.15) is 0 Å². The van der Waals surface area contributed by atoms with Crippen LogP contribution in [0.25, 0.3) is 0 Å². The van der Waals surface area contributed by atoms with E-state index in [1.54, 1.807) is 0 Å². The second-order valence-corrected chi connectivity index (χ2v) is 6.29. The molecule has 0 aliphatic carbocycles. The van der Waals surface area contributed by atoms with Gasteiger partial charge in [-0.1, -0.05) is 24.3 Å². The van der Waals surface area contributed by atoms with Crippen LogP contribution in [0.2, 0.25) is 5.54 Å². The summed E-state index contributed by atoms with van der Waals surface area (Å²) in [6.45, 7) is 4.97. The molecule has 0 N–H and O–H groups in total. The van der Waals surface area contributed by atoms with Crippen molar-refractivity contribution in [2.24, 2.45) is 0 Å². The van der Waals surface area contributed by atoms with E-state index < -0.39 is 9.04 Å². The minimum absolute atomic E-state index is 0.191. The van der Waals surface area contributed by atoms with Gasteiger partial charge in [-0.05, 0) is 17.7 Å². The Labute approximate surface area is 97.1 Å². The smallest absolute Gasteiger partial charge is 0.328 e. The third-order valence-electron chi connectivity index (χ3n) is 2.67. The summed E-state index contributed by atoms with van der Waals surface area (Å²) in [6.07, 6.45) is 0. The quantitative estimate of drug-likeness (QED) is 0.737. The molecule has 1 aromatic rings. The Bertz CT molecular complexity index is 388. The molecule has 0 saturated carbocycles. The van der Waals surface area contributed by atoms with Crippen LogP contribution in [-0.2, 0) is 14.0 Å². The maximum absolute atomic E-state index is 11.1. The number of hydrogen-bond donors (Lipinski definition) is 0. The molecule has 3 nitrogen and oxygen atoms in total. The average molecular weight is 235 g/mol. The summed E-state index contributed by atoms with van der Waals surface area (Å²) in [5, 5.41) is 1.19. The first-order chi connectivity index (χ1) is 7.68. The fourth-order valence-electron chi connectivity index (χ4n) is 1.75. The van der Waals surface area contributed by atoms with Gasteiger partial charge in [0.2, 0.25) is 0 Å². The van der Waals surface area contributed by atoms with Gasteiger partial charge >= 0.3 is 9.04 Å². The number of rotatable bonds is 3. The van der Waals surface area contributed by atoms with Crippen molar-refractivity contribution in [3.05, 3.63) is 29.8 Å². The van der Waals surface area contributed by atoms with Gasteiger partial charge in [-0.3, -0.25) is 4.79 Å². The Balaban J connectivity index is 2.23. The van der Waals surface area contributed by atoms with Gasteiger partial charge in [-0.15, -0.1) is 0 Å². The van der Waals surface area contributed by atoms with Crippen LogP contribution in [0.3, 0.4) is 0 Å². The maximum atomic E-state index is 11.1. The first kappa shape index (κ1) is 11.4. The normalized spacial score (nSPS) is 15.9. The molecule has 0 bridgehead atoms. The zero-order chi connectivity index (χ0) is 11.5. The van der Waals surface area contributed by atoms with E-state index in [-0.39, 0.29) is 5.97 Å². The Morgan fingerprint density at radius 3 is 2.62 bits per heavy atom. The van der Waals surface area contributed by atoms with Crippen molar-refractivity contribution < 1.29 is 14.0 Å². The van der Waals surface area contributed by atoms with Crippen LogP contribution in [0, 0.1) is 6.92 Å². The molecule has 85 valence electrons. The standard InChI is InChI=1S/C12H15O3Si/c1-9-5-3-4-6-12(9)16(15-10(2)13)11-7-14-8-11/h3-6,11H,7-8H2,1-2H3. The van der Waals surface area contributed by atoms with Crippen molar-refractivity contribution >= 4 is 20.2 Å². The van der Waals surface area contributed by atoms with E-state index in [9.17, 15) is 4.79 Å². The SMILES string of the molecule is CC(=O)O[Si](c1ccccc1C)C1COC1. The lowest BCUT2D eigenvalue weighted by Crippen LogP contribution is -2.48. The third kappa shape index (κ3) is 2.33. The number of carbonyl (C=O) groups excluding carboxylic acids is 1. The molecule has 0 amide bonds. The summed E-state index contributed by atoms with van der Waals surface area (Å²) in [7, 11) is -1.27. The van der Waals surface area contributed by atoms with Crippen molar-refractivity contribution in [1.82, 2.24) is 0 Å². The highest BCUT2D eigenvalue weighted by Gasteiger charge is 2.36. The third-order valence-corrected chi connectivity index (χ3v) is 5.35. The Kier molecular flexibility index (Phi) is 3.41. The Hall–Kier alpha value is -1.13. The lowest BCUT2D eigenvalue weighted by molar-refractivity contribution is -0.132. The van der Waals surface area contributed by atoms with Crippen molar-refractivity contribution in [2.45, 2.75) is 19.4 Å². The Morgan fingerprint density at radius 1 is 1.44 bits per heavy atom. The summed E-state index contributed by atoms with van der Waals surface area (Å²) in [4.78, 5) is 11.1.